The number of hydrogen-bond acceptors (Lipinski definition) is 8. The van der Waals surface area contributed by atoms with Gasteiger partial charge in [0.25, 0.3) is 5.91 Å². The molecule has 1 amide bonds. The van der Waals surface area contributed by atoms with Gasteiger partial charge in [0.05, 0.1) is 59.8 Å². The Morgan fingerprint density at radius 1 is 1.24 bits per heavy atom. The number of anilines is 1. The number of hydrogen-bond donors (Lipinski definition) is 2. The number of nitrogen functional groups attached to an aromatic ring is 1. The summed E-state index contributed by atoms with van der Waals surface area (Å²) in [5, 5.41) is 0.864. The fraction of sp³-hybridized carbons (Fsp3) is 0.375. The van der Waals surface area contributed by atoms with E-state index in [-0.39, 0.29) is 18.1 Å². The molecule has 1 fully saturated rings. The first-order valence-electron chi connectivity index (χ1n) is 11.3. The van der Waals surface area contributed by atoms with Crippen LogP contribution in [0.2, 0.25) is 0 Å². The van der Waals surface area contributed by atoms with E-state index in [9.17, 15) is 4.79 Å². The van der Waals surface area contributed by atoms with Crippen molar-refractivity contribution in [2.75, 3.05) is 26.1 Å². The molecule has 0 spiro atoms. The van der Waals surface area contributed by atoms with Crippen molar-refractivity contribution in [2.24, 2.45) is 0 Å². The highest BCUT2D eigenvalue weighted by atomic mass is 32.1. The Morgan fingerprint density at radius 2 is 2.09 bits per heavy atom. The third-order valence-electron chi connectivity index (χ3n) is 6.61. The Morgan fingerprint density at radius 3 is 2.94 bits per heavy atom. The second kappa shape index (κ2) is 8.62. The van der Waals surface area contributed by atoms with Crippen LogP contribution in [0.1, 0.15) is 33.0 Å². The molecule has 0 aliphatic carbocycles. The minimum absolute atomic E-state index is 0.122. The zero-order valence-electron chi connectivity index (χ0n) is 18.7. The maximum absolute atomic E-state index is 14.0. The lowest BCUT2D eigenvalue weighted by molar-refractivity contribution is -0.0714. The van der Waals surface area contributed by atoms with E-state index in [0.717, 1.165) is 38.3 Å². The summed E-state index contributed by atoms with van der Waals surface area (Å²) in [4.78, 5) is 28.3. The Hall–Kier alpha value is -3.05. The van der Waals surface area contributed by atoms with Crippen LogP contribution in [0.4, 0.5) is 5.82 Å². The summed E-state index contributed by atoms with van der Waals surface area (Å²) >= 11 is 1.59. The summed E-state index contributed by atoms with van der Waals surface area (Å²) in [5.74, 6) is 0.297. The van der Waals surface area contributed by atoms with Gasteiger partial charge in [-0.05, 0) is 24.6 Å². The molecule has 2 aliphatic rings. The largest absolute Gasteiger partial charge is 0.383 e. The number of carbonyl (C=O) groups excluding carboxylic acids is 1. The number of thiazole rings is 1. The van der Waals surface area contributed by atoms with Crippen LogP contribution >= 0.6 is 11.3 Å². The first-order valence-corrected chi connectivity index (χ1v) is 12.1. The van der Waals surface area contributed by atoms with Gasteiger partial charge in [0.15, 0.2) is 0 Å². The Labute approximate surface area is 199 Å². The van der Waals surface area contributed by atoms with E-state index in [1.165, 1.54) is 0 Å². The first kappa shape index (κ1) is 21.5. The van der Waals surface area contributed by atoms with Crippen LogP contribution in [0.15, 0.2) is 30.3 Å². The summed E-state index contributed by atoms with van der Waals surface area (Å²) in [6, 6.07) is 9.52. The van der Waals surface area contributed by atoms with Crippen LogP contribution in [0.25, 0.3) is 21.3 Å². The van der Waals surface area contributed by atoms with Gasteiger partial charge >= 0.3 is 0 Å². The fourth-order valence-corrected chi connectivity index (χ4v) is 5.82. The molecule has 4 aromatic rings. The highest BCUT2D eigenvalue weighted by Gasteiger charge is 2.36. The van der Waals surface area contributed by atoms with Crippen LogP contribution in [-0.2, 0) is 34.0 Å². The molecule has 176 valence electrons. The summed E-state index contributed by atoms with van der Waals surface area (Å²) in [7, 11) is 1.68. The predicted molar refractivity (Wildman–Crippen MR) is 129 cm³/mol. The third kappa shape index (κ3) is 3.63. The van der Waals surface area contributed by atoms with E-state index in [2.05, 4.69) is 9.97 Å². The molecule has 6 rings (SSSR count). The van der Waals surface area contributed by atoms with Gasteiger partial charge in [0.2, 0.25) is 0 Å². The molecule has 0 unspecified atom stereocenters. The predicted octanol–water partition coefficient (Wildman–Crippen LogP) is 3.23. The van der Waals surface area contributed by atoms with E-state index >= 15 is 0 Å². The van der Waals surface area contributed by atoms with Crippen molar-refractivity contribution < 1.29 is 19.0 Å². The second-order valence-corrected chi connectivity index (χ2v) is 9.72. The SMILES string of the molecule is CO[C@@H]1CCOC[C@H]1N(Cc1nc2ccccc2s1)C(=O)c1cc2nc(N)c3c(c2[nH]1)COC3. The monoisotopic (exact) mass is 479 g/mol. The zero-order chi connectivity index (χ0) is 23.2. The zero-order valence-corrected chi connectivity index (χ0v) is 19.6. The van der Waals surface area contributed by atoms with Crippen LogP contribution in [0.5, 0.6) is 0 Å². The topological polar surface area (TPSA) is 116 Å². The van der Waals surface area contributed by atoms with Crippen LogP contribution in [-0.4, -0.2) is 58.2 Å². The van der Waals surface area contributed by atoms with Gasteiger partial charge in [-0.15, -0.1) is 11.3 Å². The van der Waals surface area contributed by atoms with Gasteiger partial charge in [0.1, 0.15) is 16.5 Å². The van der Waals surface area contributed by atoms with Crippen molar-refractivity contribution in [3.63, 3.8) is 0 Å². The Kier molecular flexibility index (Phi) is 5.45. The summed E-state index contributed by atoms with van der Waals surface area (Å²) in [6.07, 6.45) is 0.600. The number of ether oxygens (including phenoxy) is 3. The average Bonchev–Trinajstić information content (AvgIpc) is 3.59. The molecule has 2 aliphatic heterocycles. The fourth-order valence-electron chi connectivity index (χ4n) is 4.85. The minimum Gasteiger partial charge on any atom is -0.383 e. The number of para-hydroxylation sites is 1. The van der Waals surface area contributed by atoms with Gasteiger partial charge in [-0.2, -0.15) is 0 Å². The number of nitrogens with one attached hydrogen (secondary N) is 1. The molecule has 0 bridgehead atoms. The summed E-state index contributed by atoms with van der Waals surface area (Å²) in [5.41, 5.74) is 10.8. The molecule has 3 aromatic heterocycles. The Balaban J connectivity index is 1.39. The molecule has 10 heteroatoms. The highest BCUT2D eigenvalue weighted by Crippen LogP contribution is 2.32. The number of aromatic nitrogens is 3. The van der Waals surface area contributed by atoms with E-state index in [1.807, 2.05) is 29.2 Å². The number of methoxy groups -OCH3 is 1. The van der Waals surface area contributed by atoms with Crippen molar-refractivity contribution >= 4 is 44.3 Å². The van der Waals surface area contributed by atoms with Crippen molar-refractivity contribution in [1.29, 1.82) is 0 Å². The van der Waals surface area contributed by atoms with E-state index in [0.29, 0.717) is 50.0 Å². The smallest absolute Gasteiger partial charge is 0.271 e. The van der Waals surface area contributed by atoms with Gasteiger partial charge in [-0.1, -0.05) is 12.1 Å². The maximum atomic E-state index is 14.0. The van der Waals surface area contributed by atoms with Gasteiger partial charge in [-0.25, -0.2) is 9.97 Å². The molecule has 3 N–H and O–H groups in total. The summed E-state index contributed by atoms with van der Waals surface area (Å²) < 4.78 is 18.2. The Bertz CT molecular complexity index is 1350. The number of H-pyrrole nitrogens is 1. The molecule has 0 radical (unpaired) electrons. The minimum atomic E-state index is -0.239. The van der Waals surface area contributed by atoms with Gasteiger partial charge in [-0.3, -0.25) is 4.79 Å². The first-order chi connectivity index (χ1) is 16.6. The van der Waals surface area contributed by atoms with E-state index in [1.54, 1.807) is 24.5 Å². The molecule has 9 nitrogen and oxygen atoms in total. The quantitative estimate of drug-likeness (QED) is 0.451. The normalized spacial score (nSPS) is 20.1. The molecule has 34 heavy (non-hydrogen) atoms. The number of fused-ring (bicyclic) bond motifs is 4. The van der Waals surface area contributed by atoms with Gasteiger partial charge < -0.3 is 29.8 Å². The van der Waals surface area contributed by atoms with E-state index in [4.69, 9.17) is 24.9 Å². The van der Waals surface area contributed by atoms with Gasteiger partial charge in [0, 0.05) is 24.8 Å². The number of amides is 1. The molecule has 1 aromatic carbocycles. The number of rotatable bonds is 5. The number of benzene rings is 1. The molecule has 5 heterocycles. The lowest BCUT2D eigenvalue weighted by Crippen LogP contribution is -2.52. The highest BCUT2D eigenvalue weighted by molar-refractivity contribution is 7.18. The molecular weight excluding hydrogens is 454 g/mol. The molecular formula is C24H25N5O4S. The molecule has 0 saturated carbocycles. The van der Waals surface area contributed by atoms with Crippen molar-refractivity contribution in [3.05, 3.63) is 52.2 Å². The number of pyridine rings is 1. The molecule has 1 saturated heterocycles. The van der Waals surface area contributed by atoms with Crippen molar-refractivity contribution in [1.82, 2.24) is 19.9 Å². The maximum Gasteiger partial charge on any atom is 0.271 e. The van der Waals surface area contributed by atoms with Crippen LogP contribution in [0.3, 0.4) is 0 Å². The second-order valence-electron chi connectivity index (χ2n) is 8.60. The van der Waals surface area contributed by atoms with Crippen LogP contribution < -0.4 is 5.73 Å². The summed E-state index contributed by atoms with van der Waals surface area (Å²) in [6.45, 7) is 2.26. The van der Waals surface area contributed by atoms with Crippen LogP contribution in [0, 0.1) is 0 Å². The number of carbonyl (C=O) groups is 1. The average molecular weight is 480 g/mol. The van der Waals surface area contributed by atoms with Crippen molar-refractivity contribution in [2.45, 2.75) is 38.3 Å². The van der Waals surface area contributed by atoms with E-state index < -0.39 is 0 Å². The number of nitrogens with zero attached hydrogens (tertiary/aromatic N) is 3. The number of nitrogens with two attached hydrogens (primary N) is 1. The number of aromatic amines is 1. The third-order valence-corrected chi connectivity index (χ3v) is 7.63. The lowest BCUT2D eigenvalue weighted by Gasteiger charge is -2.38. The standard InChI is InChI=1S/C24H25N5O4S/c1-31-19-6-7-32-12-18(19)29(9-21-26-15-4-2-3-5-20(15)34-21)24(30)17-8-16-22(27-17)13-10-33-11-14(13)23(25)28-16/h2-5,8,18-19,27H,6-7,9-12H2,1H3,(H2,25,28)/t18-,19-/m1/s1. The molecule has 2 atom stereocenters. The van der Waals surface area contributed by atoms with Crippen molar-refractivity contribution in [3.8, 4) is 0 Å². The lowest BCUT2D eigenvalue weighted by atomic mass is 10.0.